The van der Waals surface area contributed by atoms with E-state index in [-0.39, 0.29) is 0 Å². The predicted octanol–water partition coefficient (Wildman–Crippen LogP) is 1.94. The Morgan fingerprint density at radius 3 is 2.55 bits per heavy atom. The molecular weight excluding hydrogens is 254 g/mol. The standard InChI is InChI=1S/C14H23N5O/c1-5-9-11-20-14-17-12(15-10-6-2)16-13(18-14)19(7-3)8-4/h1H,6-11H2,2-4H3,(H,15,16,17,18). The maximum absolute atomic E-state index is 5.48. The monoisotopic (exact) mass is 277 g/mol. The quantitative estimate of drug-likeness (QED) is 0.550. The number of ether oxygens (including phenoxy) is 1. The minimum atomic E-state index is 0.316. The third kappa shape index (κ3) is 4.92. The summed E-state index contributed by atoms with van der Waals surface area (Å²) in [6, 6.07) is 0.316. The second kappa shape index (κ2) is 8.97. The molecule has 1 rings (SSSR count). The molecule has 0 unspecified atom stereocenters. The fraction of sp³-hybridized carbons (Fsp3) is 0.643. The highest BCUT2D eigenvalue weighted by atomic mass is 16.5. The van der Waals surface area contributed by atoms with Gasteiger partial charge in [-0.1, -0.05) is 6.92 Å². The minimum Gasteiger partial charge on any atom is -0.462 e. The normalized spacial score (nSPS) is 9.90. The zero-order valence-electron chi connectivity index (χ0n) is 12.5. The molecule has 1 aromatic heterocycles. The van der Waals surface area contributed by atoms with E-state index in [2.05, 4.69) is 47.0 Å². The van der Waals surface area contributed by atoms with Gasteiger partial charge in [0.1, 0.15) is 6.61 Å². The first-order valence-corrected chi connectivity index (χ1v) is 7.06. The molecule has 0 atom stereocenters. The van der Waals surface area contributed by atoms with Crippen molar-refractivity contribution in [1.29, 1.82) is 0 Å². The molecule has 20 heavy (non-hydrogen) atoms. The van der Waals surface area contributed by atoms with E-state index < -0.39 is 0 Å². The summed E-state index contributed by atoms with van der Waals surface area (Å²) in [5.41, 5.74) is 0. The minimum absolute atomic E-state index is 0.316. The fourth-order valence-electron chi connectivity index (χ4n) is 1.58. The van der Waals surface area contributed by atoms with Crippen LogP contribution < -0.4 is 15.0 Å². The summed E-state index contributed by atoms with van der Waals surface area (Å²) in [7, 11) is 0. The van der Waals surface area contributed by atoms with Crippen LogP contribution >= 0.6 is 0 Å². The van der Waals surface area contributed by atoms with Crippen LogP contribution in [0.25, 0.3) is 0 Å². The second-order valence-corrected chi connectivity index (χ2v) is 4.14. The highest BCUT2D eigenvalue weighted by Crippen LogP contribution is 2.15. The molecular formula is C14H23N5O. The van der Waals surface area contributed by atoms with Crippen LogP contribution in [0.1, 0.15) is 33.6 Å². The molecule has 0 aromatic carbocycles. The summed E-state index contributed by atoms with van der Waals surface area (Å²) in [6.45, 7) is 9.09. The molecule has 6 nitrogen and oxygen atoms in total. The lowest BCUT2D eigenvalue weighted by Gasteiger charge is -2.19. The molecule has 0 amide bonds. The van der Waals surface area contributed by atoms with E-state index in [9.17, 15) is 0 Å². The number of aromatic nitrogens is 3. The van der Waals surface area contributed by atoms with Gasteiger partial charge in [0.2, 0.25) is 11.9 Å². The first kappa shape index (κ1) is 16.0. The molecule has 1 heterocycles. The number of hydrogen-bond acceptors (Lipinski definition) is 6. The summed E-state index contributed by atoms with van der Waals surface area (Å²) >= 11 is 0. The van der Waals surface area contributed by atoms with Gasteiger partial charge in [0.25, 0.3) is 0 Å². The number of rotatable bonds is 9. The van der Waals surface area contributed by atoms with Gasteiger partial charge in [-0.3, -0.25) is 0 Å². The Kier molecular flexibility index (Phi) is 7.18. The molecule has 6 heteroatoms. The molecule has 0 aliphatic carbocycles. The van der Waals surface area contributed by atoms with Crippen LogP contribution in [-0.2, 0) is 0 Å². The highest BCUT2D eigenvalue weighted by Gasteiger charge is 2.11. The van der Waals surface area contributed by atoms with E-state index in [4.69, 9.17) is 11.2 Å². The summed E-state index contributed by atoms with van der Waals surface area (Å²) in [5.74, 6) is 3.69. The van der Waals surface area contributed by atoms with Gasteiger partial charge in [0, 0.05) is 26.1 Å². The van der Waals surface area contributed by atoms with Crippen molar-refractivity contribution in [2.45, 2.75) is 33.6 Å². The van der Waals surface area contributed by atoms with Crippen molar-refractivity contribution in [2.75, 3.05) is 36.5 Å². The molecule has 0 bridgehead atoms. The molecule has 1 N–H and O–H groups in total. The molecule has 0 spiro atoms. The Morgan fingerprint density at radius 1 is 1.20 bits per heavy atom. The third-order valence-corrected chi connectivity index (χ3v) is 2.66. The SMILES string of the molecule is C#CCCOc1nc(NCCC)nc(N(CC)CC)n1. The lowest BCUT2D eigenvalue weighted by atomic mass is 10.5. The first-order valence-electron chi connectivity index (χ1n) is 7.06. The van der Waals surface area contributed by atoms with Crippen molar-refractivity contribution in [3.63, 3.8) is 0 Å². The van der Waals surface area contributed by atoms with Gasteiger partial charge in [-0.2, -0.15) is 15.0 Å². The number of terminal acetylenes is 1. The van der Waals surface area contributed by atoms with Crippen LogP contribution in [0.15, 0.2) is 0 Å². The summed E-state index contributed by atoms with van der Waals surface area (Å²) in [5, 5.41) is 3.16. The predicted molar refractivity (Wildman–Crippen MR) is 81.1 cm³/mol. The van der Waals surface area contributed by atoms with Crippen LogP contribution in [0.2, 0.25) is 0 Å². The third-order valence-electron chi connectivity index (χ3n) is 2.66. The van der Waals surface area contributed by atoms with Crippen LogP contribution in [0.4, 0.5) is 11.9 Å². The number of hydrogen-bond donors (Lipinski definition) is 1. The average molecular weight is 277 g/mol. The number of anilines is 2. The largest absolute Gasteiger partial charge is 0.462 e. The Morgan fingerprint density at radius 2 is 1.95 bits per heavy atom. The second-order valence-electron chi connectivity index (χ2n) is 4.14. The van der Waals surface area contributed by atoms with Crippen molar-refractivity contribution in [3.05, 3.63) is 0 Å². The number of nitrogens with one attached hydrogen (secondary N) is 1. The molecule has 1 aromatic rings. The molecule has 0 aliphatic rings. The van der Waals surface area contributed by atoms with Crippen molar-refractivity contribution in [3.8, 4) is 18.4 Å². The smallest absolute Gasteiger partial charge is 0.323 e. The zero-order valence-corrected chi connectivity index (χ0v) is 12.5. The van der Waals surface area contributed by atoms with Crippen LogP contribution in [0.5, 0.6) is 6.01 Å². The first-order chi connectivity index (χ1) is 9.74. The Balaban J connectivity index is 2.91. The molecule has 110 valence electrons. The van der Waals surface area contributed by atoms with Crippen molar-refractivity contribution >= 4 is 11.9 Å². The van der Waals surface area contributed by atoms with Gasteiger partial charge in [-0.25, -0.2) is 0 Å². The Bertz CT molecular complexity index is 440. The van der Waals surface area contributed by atoms with E-state index in [1.807, 2.05) is 4.90 Å². The Labute approximate surface area is 121 Å². The fourth-order valence-corrected chi connectivity index (χ4v) is 1.58. The maximum Gasteiger partial charge on any atom is 0.323 e. The lowest BCUT2D eigenvalue weighted by molar-refractivity contribution is 0.300. The average Bonchev–Trinajstić information content (AvgIpc) is 2.47. The van der Waals surface area contributed by atoms with Crippen molar-refractivity contribution in [1.82, 2.24) is 15.0 Å². The van der Waals surface area contributed by atoms with Gasteiger partial charge < -0.3 is 15.0 Å². The topological polar surface area (TPSA) is 63.2 Å². The van der Waals surface area contributed by atoms with E-state index in [1.54, 1.807) is 0 Å². The van der Waals surface area contributed by atoms with Gasteiger partial charge >= 0.3 is 6.01 Å². The summed E-state index contributed by atoms with van der Waals surface area (Å²) < 4.78 is 5.48. The highest BCUT2D eigenvalue weighted by molar-refractivity contribution is 5.38. The van der Waals surface area contributed by atoms with Crippen molar-refractivity contribution in [2.24, 2.45) is 0 Å². The lowest BCUT2D eigenvalue weighted by Crippen LogP contribution is -2.25. The molecule has 0 saturated heterocycles. The van der Waals surface area contributed by atoms with E-state index in [1.165, 1.54) is 0 Å². The molecule has 0 fully saturated rings. The zero-order chi connectivity index (χ0) is 14.8. The molecule has 0 saturated carbocycles. The van der Waals surface area contributed by atoms with E-state index >= 15 is 0 Å². The van der Waals surface area contributed by atoms with E-state index in [0.29, 0.717) is 30.9 Å². The maximum atomic E-state index is 5.48. The molecule has 0 aliphatic heterocycles. The van der Waals surface area contributed by atoms with Gasteiger partial charge in [-0.05, 0) is 20.3 Å². The van der Waals surface area contributed by atoms with Crippen LogP contribution in [0.3, 0.4) is 0 Å². The Hall–Kier alpha value is -2.03. The van der Waals surface area contributed by atoms with Gasteiger partial charge in [0.15, 0.2) is 0 Å². The van der Waals surface area contributed by atoms with E-state index in [0.717, 1.165) is 26.1 Å². The van der Waals surface area contributed by atoms with Gasteiger partial charge in [-0.15, -0.1) is 12.3 Å². The number of nitrogens with zero attached hydrogens (tertiary/aromatic N) is 4. The van der Waals surface area contributed by atoms with Crippen LogP contribution in [0, 0.1) is 12.3 Å². The summed E-state index contributed by atoms with van der Waals surface area (Å²) in [4.78, 5) is 15.0. The molecule has 0 radical (unpaired) electrons. The summed E-state index contributed by atoms with van der Waals surface area (Å²) in [6.07, 6.45) is 6.74. The van der Waals surface area contributed by atoms with Gasteiger partial charge in [0.05, 0.1) is 0 Å². The van der Waals surface area contributed by atoms with Crippen LogP contribution in [-0.4, -0.2) is 41.2 Å². The van der Waals surface area contributed by atoms with Crippen molar-refractivity contribution < 1.29 is 4.74 Å².